The molecule has 0 radical (unpaired) electrons. The lowest BCUT2D eigenvalue weighted by molar-refractivity contribution is -0.332. The standard InChI is InChI=1S/C48H78O18/c1-21(2)22-10-15-48(43(60)66-42-39(59)36(56)33(53)26(64-42)20-61-40-37(57)34(54)31(51)24(18-49)62-40)17-16-46(6)23(30(22)48)8-9-28-45(5)13-12-29(44(3,4)27(45)11-14-47(28,46)7)65-41-38(58)35(55)32(52)25(19-50)63-41/h22-42,49-59H,1,8-20H2,2-7H3/t22-,23-,24-,25-,26+,27+,28+,29-,30+,31+,32-,33+,34-,35+,36+,37+,38-,39-,40+,41-,42+,45-,46-,47-,48+/m1/s1. The molecule has 0 spiro atoms. The van der Waals surface area contributed by atoms with E-state index in [1.54, 1.807) is 0 Å². The van der Waals surface area contributed by atoms with Gasteiger partial charge in [0.15, 0.2) is 12.6 Å². The fraction of sp³-hybridized carbons (Fsp3) is 0.938. The third-order valence-corrected chi connectivity index (χ3v) is 19.7. The van der Waals surface area contributed by atoms with Crippen LogP contribution in [0.1, 0.15) is 106 Å². The number of fused-ring (bicyclic) bond motifs is 7. The molecule has 18 nitrogen and oxygen atoms in total. The molecule has 0 aromatic heterocycles. The molecule has 0 aromatic rings. The maximum Gasteiger partial charge on any atom is 0.314 e. The van der Waals surface area contributed by atoms with Gasteiger partial charge >= 0.3 is 5.97 Å². The van der Waals surface area contributed by atoms with Crippen LogP contribution in [-0.2, 0) is 33.2 Å². The fourth-order valence-corrected chi connectivity index (χ4v) is 15.8. The Morgan fingerprint density at radius 1 is 0.591 bits per heavy atom. The molecule has 0 amide bonds. The van der Waals surface area contributed by atoms with Crippen molar-refractivity contribution in [1.82, 2.24) is 0 Å². The average molecular weight is 943 g/mol. The summed E-state index contributed by atoms with van der Waals surface area (Å²) in [5.74, 6) is 0.107. The number of esters is 1. The minimum atomic E-state index is -1.80. The molecule has 3 aliphatic heterocycles. The van der Waals surface area contributed by atoms with E-state index < -0.39 is 123 Å². The van der Waals surface area contributed by atoms with Crippen LogP contribution in [0.4, 0.5) is 0 Å². The summed E-state index contributed by atoms with van der Waals surface area (Å²) in [4.78, 5) is 15.0. The van der Waals surface area contributed by atoms with E-state index >= 15 is 0 Å². The van der Waals surface area contributed by atoms with Crippen molar-refractivity contribution >= 4 is 5.97 Å². The molecule has 0 aromatic carbocycles. The Labute approximate surface area is 387 Å². The van der Waals surface area contributed by atoms with Gasteiger partial charge in [-0.1, -0.05) is 46.8 Å². The Balaban J connectivity index is 0.993. The predicted molar refractivity (Wildman–Crippen MR) is 230 cm³/mol. The topological polar surface area (TPSA) is 295 Å². The third-order valence-electron chi connectivity index (χ3n) is 19.7. The number of carbonyl (C=O) groups excluding carboxylic acids is 1. The van der Waals surface area contributed by atoms with Gasteiger partial charge in [0.25, 0.3) is 0 Å². The van der Waals surface area contributed by atoms with E-state index in [2.05, 4.69) is 41.2 Å². The highest BCUT2D eigenvalue weighted by Gasteiger charge is 2.73. The molecule has 18 heteroatoms. The third kappa shape index (κ3) is 7.78. The van der Waals surface area contributed by atoms with Gasteiger partial charge in [-0.15, -0.1) is 0 Å². The lowest BCUT2D eigenvalue weighted by Crippen LogP contribution is -2.68. The van der Waals surface area contributed by atoms with E-state index in [-0.39, 0.29) is 51.4 Å². The molecule has 8 fully saturated rings. The molecule has 66 heavy (non-hydrogen) atoms. The summed E-state index contributed by atoms with van der Waals surface area (Å²) in [5, 5.41) is 115. The van der Waals surface area contributed by atoms with Gasteiger partial charge < -0.3 is 84.6 Å². The molecule has 5 aliphatic carbocycles. The van der Waals surface area contributed by atoms with E-state index in [1.807, 2.05) is 6.92 Å². The Bertz CT molecular complexity index is 1760. The van der Waals surface area contributed by atoms with E-state index in [9.17, 15) is 61.0 Å². The number of allylic oxidation sites excluding steroid dienone is 1. The van der Waals surface area contributed by atoms with Crippen LogP contribution < -0.4 is 0 Å². The summed E-state index contributed by atoms with van der Waals surface area (Å²) in [5.41, 5.74) is -0.631. The number of aliphatic hydroxyl groups is 11. The number of carbonyl (C=O) groups is 1. The second-order valence-corrected chi connectivity index (χ2v) is 23.0. The van der Waals surface area contributed by atoms with E-state index in [4.69, 9.17) is 28.4 Å². The largest absolute Gasteiger partial charge is 0.432 e. The molecule has 8 rings (SSSR count). The average Bonchev–Trinajstić information content (AvgIpc) is 3.68. The van der Waals surface area contributed by atoms with Crippen molar-refractivity contribution in [2.75, 3.05) is 19.8 Å². The highest BCUT2D eigenvalue weighted by Crippen LogP contribution is 2.78. The zero-order valence-corrected chi connectivity index (χ0v) is 39.3. The van der Waals surface area contributed by atoms with Crippen molar-refractivity contribution in [1.29, 1.82) is 0 Å². The monoisotopic (exact) mass is 943 g/mol. The van der Waals surface area contributed by atoms with Crippen molar-refractivity contribution in [2.24, 2.45) is 56.7 Å². The summed E-state index contributed by atoms with van der Waals surface area (Å²) in [7, 11) is 0. The minimum Gasteiger partial charge on any atom is -0.432 e. The molecule has 0 bridgehead atoms. The quantitative estimate of drug-likeness (QED) is 0.0781. The van der Waals surface area contributed by atoms with Crippen molar-refractivity contribution in [3.8, 4) is 0 Å². The van der Waals surface area contributed by atoms with Gasteiger partial charge in [-0.2, -0.15) is 0 Å². The van der Waals surface area contributed by atoms with Crippen LogP contribution in [0.25, 0.3) is 0 Å². The van der Waals surface area contributed by atoms with Crippen molar-refractivity contribution in [3.63, 3.8) is 0 Å². The maximum absolute atomic E-state index is 15.0. The zero-order valence-electron chi connectivity index (χ0n) is 39.3. The fourth-order valence-electron chi connectivity index (χ4n) is 15.8. The normalized spacial score (nSPS) is 54.6. The second kappa shape index (κ2) is 18.3. The van der Waals surface area contributed by atoms with Gasteiger partial charge in [-0.25, -0.2) is 0 Å². The van der Waals surface area contributed by atoms with E-state index in [0.29, 0.717) is 25.2 Å². The van der Waals surface area contributed by atoms with Crippen LogP contribution in [0.3, 0.4) is 0 Å². The van der Waals surface area contributed by atoms with Gasteiger partial charge in [-0.3, -0.25) is 4.79 Å². The first-order valence-corrected chi connectivity index (χ1v) is 24.4. The van der Waals surface area contributed by atoms with Gasteiger partial charge in [0.1, 0.15) is 73.2 Å². The van der Waals surface area contributed by atoms with Gasteiger partial charge in [0, 0.05) is 0 Å². The zero-order chi connectivity index (χ0) is 48.2. The van der Waals surface area contributed by atoms with Crippen molar-refractivity contribution in [3.05, 3.63) is 12.2 Å². The van der Waals surface area contributed by atoms with Crippen LogP contribution in [0.15, 0.2) is 12.2 Å². The first kappa shape index (κ1) is 50.9. The minimum absolute atomic E-state index is 0.0347. The molecule has 25 atom stereocenters. The molecule has 5 saturated carbocycles. The first-order chi connectivity index (χ1) is 30.9. The Morgan fingerprint density at radius 3 is 1.76 bits per heavy atom. The first-order valence-electron chi connectivity index (χ1n) is 24.4. The number of aliphatic hydroxyl groups excluding tert-OH is 11. The smallest absolute Gasteiger partial charge is 0.314 e. The lowest BCUT2D eigenvalue weighted by atomic mass is 9.32. The molecule has 8 aliphatic rings. The number of ether oxygens (including phenoxy) is 6. The SMILES string of the molecule is C=C(C)[C@H]1CC[C@]2(C(=O)O[C@@H]3O[C@@H](CO[C@H]4O[C@H](CO)[C@H](O)[C@@H](O)[C@@H]4O)[C@H](O)[C@H](O)[C@H]3O)CC[C@]3(C)[C@H](CC[C@H]4[C@]5(C)CC[C@@H](O[C@H]6O[C@H](CO)[C@@H](O)[C@H](O)[C@H]6O)C(C)(C)[C@@H]5CC[C@]43C)[C@H]12. The summed E-state index contributed by atoms with van der Waals surface area (Å²) < 4.78 is 35.4. The highest BCUT2D eigenvalue weighted by atomic mass is 16.7. The van der Waals surface area contributed by atoms with Crippen LogP contribution in [-0.4, -0.2) is 180 Å². The van der Waals surface area contributed by atoms with E-state index in [1.165, 1.54) is 0 Å². The predicted octanol–water partition coefficient (Wildman–Crippen LogP) is -0.00360. The molecule has 3 heterocycles. The molecule has 0 unspecified atom stereocenters. The summed E-state index contributed by atoms with van der Waals surface area (Å²) in [6, 6.07) is 0. The van der Waals surface area contributed by atoms with Gasteiger partial charge in [0.2, 0.25) is 6.29 Å². The molecular formula is C48H78O18. The summed E-state index contributed by atoms with van der Waals surface area (Å²) >= 11 is 0. The van der Waals surface area contributed by atoms with Gasteiger partial charge in [-0.05, 0) is 122 Å². The highest BCUT2D eigenvalue weighted by molar-refractivity contribution is 5.78. The Hall–Kier alpha value is -1.43. The maximum atomic E-state index is 15.0. The lowest BCUT2D eigenvalue weighted by Gasteiger charge is -2.73. The summed E-state index contributed by atoms with van der Waals surface area (Å²) in [6.07, 6.45) is -15.4. The van der Waals surface area contributed by atoms with Crippen LogP contribution >= 0.6 is 0 Å². The number of hydrogen-bond acceptors (Lipinski definition) is 18. The van der Waals surface area contributed by atoms with Crippen LogP contribution in [0.5, 0.6) is 0 Å². The Morgan fingerprint density at radius 2 is 1.15 bits per heavy atom. The molecule has 378 valence electrons. The number of rotatable bonds is 10. The number of hydrogen-bond donors (Lipinski definition) is 11. The van der Waals surface area contributed by atoms with Gasteiger partial charge in [0.05, 0.1) is 31.3 Å². The van der Waals surface area contributed by atoms with Crippen molar-refractivity contribution < 1.29 is 89.4 Å². The second-order valence-electron chi connectivity index (χ2n) is 23.0. The van der Waals surface area contributed by atoms with E-state index in [0.717, 1.165) is 50.5 Å². The summed E-state index contributed by atoms with van der Waals surface area (Å²) in [6.45, 7) is 16.5. The van der Waals surface area contributed by atoms with Crippen molar-refractivity contribution in [2.45, 2.75) is 204 Å². The van der Waals surface area contributed by atoms with Crippen LogP contribution in [0.2, 0.25) is 0 Å². The van der Waals surface area contributed by atoms with Crippen LogP contribution in [0, 0.1) is 56.7 Å². The Kier molecular flexibility index (Phi) is 14.1. The molecule has 3 saturated heterocycles. The molecule has 11 N–H and O–H groups in total. The molecular weight excluding hydrogens is 865 g/mol.